The number of carbonyl (C=O) groups excluding carboxylic acids is 1. The average molecular weight is 241 g/mol. The highest BCUT2D eigenvalue weighted by Crippen LogP contribution is 2.15. The van der Waals surface area contributed by atoms with Crippen LogP contribution < -0.4 is 11.1 Å². The van der Waals surface area contributed by atoms with Gasteiger partial charge in [-0.05, 0) is 19.8 Å². The first-order valence-corrected chi connectivity index (χ1v) is 6.48. The van der Waals surface area contributed by atoms with E-state index in [0.717, 1.165) is 17.8 Å². The van der Waals surface area contributed by atoms with E-state index in [-0.39, 0.29) is 18.0 Å². The van der Waals surface area contributed by atoms with Gasteiger partial charge in [0.2, 0.25) is 0 Å². The lowest BCUT2D eigenvalue weighted by Crippen LogP contribution is -2.34. The van der Waals surface area contributed by atoms with Gasteiger partial charge in [-0.2, -0.15) is 0 Å². The van der Waals surface area contributed by atoms with Crippen LogP contribution >= 0.6 is 11.3 Å². The van der Waals surface area contributed by atoms with Gasteiger partial charge >= 0.3 is 0 Å². The molecule has 1 amide bonds. The number of hydrogen-bond donors (Lipinski definition) is 2. The fourth-order valence-corrected chi connectivity index (χ4v) is 2.11. The highest BCUT2D eigenvalue weighted by atomic mass is 32.1. The van der Waals surface area contributed by atoms with Gasteiger partial charge in [0, 0.05) is 11.4 Å². The molecule has 4 nitrogen and oxygen atoms in total. The van der Waals surface area contributed by atoms with Gasteiger partial charge in [-0.1, -0.05) is 13.8 Å². The van der Waals surface area contributed by atoms with Crippen molar-refractivity contribution in [3.8, 4) is 0 Å². The van der Waals surface area contributed by atoms with E-state index in [1.807, 2.05) is 6.92 Å². The lowest BCUT2D eigenvalue weighted by atomic mass is 10.2. The summed E-state index contributed by atoms with van der Waals surface area (Å²) in [5, 5.41) is 5.51. The lowest BCUT2D eigenvalue weighted by Gasteiger charge is -2.13. The molecule has 5 heteroatoms. The molecular weight excluding hydrogens is 222 g/mol. The zero-order valence-electron chi connectivity index (χ0n) is 9.99. The fraction of sp³-hybridized carbons (Fsp3) is 0.636. The molecule has 1 atom stereocenters. The zero-order chi connectivity index (χ0) is 12.1. The minimum atomic E-state index is -0.111. The Kier molecular flexibility index (Phi) is 4.89. The van der Waals surface area contributed by atoms with Crippen molar-refractivity contribution in [2.24, 2.45) is 5.73 Å². The second-order valence-corrected chi connectivity index (χ2v) is 4.74. The van der Waals surface area contributed by atoms with E-state index in [2.05, 4.69) is 24.1 Å². The summed E-state index contributed by atoms with van der Waals surface area (Å²) < 4.78 is 0. The van der Waals surface area contributed by atoms with Gasteiger partial charge in [0.15, 0.2) is 0 Å². The third-order valence-electron chi connectivity index (χ3n) is 2.46. The van der Waals surface area contributed by atoms with Crippen molar-refractivity contribution < 1.29 is 4.79 Å². The third-order valence-corrected chi connectivity index (χ3v) is 3.51. The van der Waals surface area contributed by atoms with Crippen LogP contribution in [0.25, 0.3) is 0 Å². The van der Waals surface area contributed by atoms with Crippen LogP contribution in [0.1, 0.15) is 55.2 Å². The molecule has 1 aromatic heterocycles. The summed E-state index contributed by atoms with van der Waals surface area (Å²) >= 11 is 1.43. The van der Waals surface area contributed by atoms with Crippen molar-refractivity contribution in [2.75, 3.05) is 0 Å². The second kappa shape index (κ2) is 5.96. The predicted molar refractivity (Wildman–Crippen MR) is 66.6 cm³/mol. The van der Waals surface area contributed by atoms with E-state index in [4.69, 9.17) is 5.73 Å². The van der Waals surface area contributed by atoms with Crippen LogP contribution in [-0.4, -0.2) is 16.9 Å². The van der Waals surface area contributed by atoms with Gasteiger partial charge in [-0.3, -0.25) is 4.79 Å². The number of thiazole rings is 1. The van der Waals surface area contributed by atoms with Gasteiger partial charge < -0.3 is 11.1 Å². The zero-order valence-corrected chi connectivity index (χ0v) is 10.8. The monoisotopic (exact) mass is 241 g/mol. The predicted octanol–water partition coefficient (Wildman–Crippen LogP) is 2.08. The maximum Gasteiger partial charge on any atom is 0.270 e. The third kappa shape index (κ3) is 3.28. The van der Waals surface area contributed by atoms with Crippen molar-refractivity contribution >= 4 is 17.2 Å². The standard InChI is InChI=1S/C11H19N3OS/c1-4-8(5-2)13-10(15)9-6-16-11(14-9)7(3)12/h6-8H,4-5,12H2,1-3H3,(H,13,15). The maximum absolute atomic E-state index is 11.8. The Morgan fingerprint density at radius 3 is 2.62 bits per heavy atom. The number of nitrogens with zero attached hydrogens (tertiary/aromatic N) is 1. The summed E-state index contributed by atoms with van der Waals surface area (Å²) in [6, 6.07) is 0.118. The highest BCUT2D eigenvalue weighted by Gasteiger charge is 2.14. The number of nitrogens with one attached hydrogen (secondary N) is 1. The first-order chi connectivity index (χ1) is 7.58. The van der Waals surface area contributed by atoms with Gasteiger partial charge in [0.05, 0.1) is 6.04 Å². The minimum absolute atomic E-state index is 0.100. The molecule has 0 aliphatic carbocycles. The molecule has 16 heavy (non-hydrogen) atoms. The summed E-state index contributed by atoms with van der Waals surface area (Å²) in [5.74, 6) is -0.100. The average Bonchev–Trinajstić information content (AvgIpc) is 2.74. The minimum Gasteiger partial charge on any atom is -0.348 e. The van der Waals surface area contributed by atoms with Crippen LogP contribution in [0.5, 0.6) is 0 Å². The Labute approximate surface area is 100 Å². The summed E-state index contributed by atoms with van der Waals surface area (Å²) in [6.07, 6.45) is 1.87. The number of aromatic nitrogens is 1. The van der Waals surface area contributed by atoms with E-state index >= 15 is 0 Å². The van der Waals surface area contributed by atoms with E-state index in [1.54, 1.807) is 5.38 Å². The van der Waals surface area contributed by atoms with Crippen LogP contribution in [0, 0.1) is 0 Å². The Morgan fingerprint density at radius 2 is 2.19 bits per heavy atom. The quantitative estimate of drug-likeness (QED) is 0.829. The van der Waals surface area contributed by atoms with Crippen LogP contribution in [0.4, 0.5) is 0 Å². The SMILES string of the molecule is CCC(CC)NC(=O)c1csc(C(C)N)n1. The molecule has 3 N–H and O–H groups in total. The smallest absolute Gasteiger partial charge is 0.270 e. The van der Waals surface area contributed by atoms with Crippen LogP contribution in [-0.2, 0) is 0 Å². The molecule has 0 aromatic carbocycles. The molecule has 1 aromatic rings. The van der Waals surface area contributed by atoms with Crippen molar-refractivity contribution in [1.29, 1.82) is 0 Å². The fourth-order valence-electron chi connectivity index (χ4n) is 1.35. The number of carbonyl (C=O) groups is 1. The Hall–Kier alpha value is -0.940. The topological polar surface area (TPSA) is 68.0 Å². The normalized spacial score (nSPS) is 12.8. The number of hydrogen-bond acceptors (Lipinski definition) is 4. The van der Waals surface area contributed by atoms with Crippen molar-refractivity contribution in [3.63, 3.8) is 0 Å². The Morgan fingerprint density at radius 1 is 1.56 bits per heavy atom. The molecule has 0 bridgehead atoms. The molecule has 0 aliphatic heterocycles. The Balaban J connectivity index is 2.65. The van der Waals surface area contributed by atoms with E-state index in [0.29, 0.717) is 5.69 Å². The number of rotatable bonds is 5. The molecule has 90 valence electrons. The number of amides is 1. The molecular formula is C11H19N3OS. The first-order valence-electron chi connectivity index (χ1n) is 5.60. The summed E-state index contributed by atoms with van der Waals surface area (Å²) in [7, 11) is 0. The highest BCUT2D eigenvalue weighted by molar-refractivity contribution is 7.09. The van der Waals surface area contributed by atoms with Crippen molar-refractivity contribution in [2.45, 2.75) is 45.7 Å². The van der Waals surface area contributed by atoms with Gasteiger partial charge in [0.25, 0.3) is 5.91 Å². The van der Waals surface area contributed by atoms with Gasteiger partial charge in [-0.15, -0.1) is 11.3 Å². The molecule has 1 unspecified atom stereocenters. The van der Waals surface area contributed by atoms with Gasteiger partial charge in [0.1, 0.15) is 10.7 Å². The van der Waals surface area contributed by atoms with Crippen LogP contribution in [0.2, 0.25) is 0 Å². The molecule has 0 saturated carbocycles. The summed E-state index contributed by atoms with van der Waals surface area (Å²) in [6.45, 7) is 5.98. The summed E-state index contributed by atoms with van der Waals surface area (Å²) in [4.78, 5) is 16.0. The molecule has 0 spiro atoms. The van der Waals surface area contributed by atoms with E-state index in [1.165, 1.54) is 11.3 Å². The molecule has 1 rings (SSSR count). The first kappa shape index (κ1) is 13.1. The largest absolute Gasteiger partial charge is 0.348 e. The van der Waals surface area contributed by atoms with Crippen LogP contribution in [0.3, 0.4) is 0 Å². The molecule has 0 saturated heterocycles. The van der Waals surface area contributed by atoms with Crippen molar-refractivity contribution in [1.82, 2.24) is 10.3 Å². The second-order valence-electron chi connectivity index (χ2n) is 3.85. The van der Waals surface area contributed by atoms with E-state index < -0.39 is 0 Å². The molecule has 0 radical (unpaired) electrons. The molecule has 0 aliphatic rings. The summed E-state index contributed by atoms with van der Waals surface area (Å²) in [5.41, 5.74) is 6.17. The van der Waals surface area contributed by atoms with Crippen LogP contribution in [0.15, 0.2) is 5.38 Å². The Bertz CT molecular complexity index is 345. The van der Waals surface area contributed by atoms with E-state index in [9.17, 15) is 4.79 Å². The van der Waals surface area contributed by atoms with Crippen molar-refractivity contribution in [3.05, 3.63) is 16.1 Å². The lowest BCUT2D eigenvalue weighted by molar-refractivity contribution is 0.0930. The van der Waals surface area contributed by atoms with Gasteiger partial charge in [-0.25, -0.2) is 4.98 Å². The molecule has 0 fully saturated rings. The number of nitrogens with two attached hydrogens (primary N) is 1. The maximum atomic E-state index is 11.8. The molecule has 1 heterocycles.